The van der Waals surface area contributed by atoms with E-state index < -0.39 is 0 Å². The van der Waals surface area contributed by atoms with Crippen molar-refractivity contribution in [1.29, 1.82) is 0 Å². The summed E-state index contributed by atoms with van der Waals surface area (Å²) in [5, 5.41) is 3.66. The molecule has 0 radical (unpaired) electrons. The van der Waals surface area contributed by atoms with E-state index in [4.69, 9.17) is 11.6 Å². The van der Waals surface area contributed by atoms with Crippen molar-refractivity contribution in [3.05, 3.63) is 70.2 Å². The van der Waals surface area contributed by atoms with Crippen LogP contribution < -0.4 is 5.32 Å². The first-order valence-electron chi connectivity index (χ1n) is 8.87. The van der Waals surface area contributed by atoms with Crippen molar-refractivity contribution >= 4 is 23.4 Å². The summed E-state index contributed by atoms with van der Waals surface area (Å²) in [6.07, 6.45) is 1.04. The first-order valence-corrected chi connectivity index (χ1v) is 9.25. The molecular formula is C21H23ClN2O2. The lowest BCUT2D eigenvalue weighted by Gasteiger charge is -2.18. The Labute approximate surface area is 159 Å². The van der Waals surface area contributed by atoms with Crippen LogP contribution in [0.15, 0.2) is 48.5 Å². The largest absolute Gasteiger partial charge is 0.355 e. The van der Waals surface area contributed by atoms with E-state index in [1.165, 1.54) is 0 Å². The molecule has 5 heteroatoms. The number of carbonyl (C=O) groups is 2. The highest BCUT2D eigenvalue weighted by Gasteiger charge is 2.34. The standard InChI is InChI=1S/C21H23ClN2O2/c1-15-4-2-3-5-17(15)13-24-14-18(12-20(24)25)21(26)23-11-10-16-6-8-19(22)9-7-16/h2-9,18H,10-14H2,1H3,(H,23,26). The van der Waals surface area contributed by atoms with Crippen LogP contribution in [0.1, 0.15) is 23.1 Å². The van der Waals surface area contributed by atoms with Gasteiger partial charge < -0.3 is 10.2 Å². The molecule has 0 aliphatic carbocycles. The predicted molar refractivity (Wildman–Crippen MR) is 103 cm³/mol. The minimum absolute atomic E-state index is 0.0420. The normalized spacial score (nSPS) is 16.8. The molecule has 136 valence electrons. The van der Waals surface area contributed by atoms with Crippen molar-refractivity contribution in [2.45, 2.75) is 26.3 Å². The molecule has 1 aliphatic rings. The lowest BCUT2D eigenvalue weighted by Crippen LogP contribution is -2.34. The monoisotopic (exact) mass is 370 g/mol. The fourth-order valence-corrected chi connectivity index (χ4v) is 3.35. The molecule has 0 bridgehead atoms. The quantitative estimate of drug-likeness (QED) is 0.847. The Bertz CT molecular complexity index is 789. The molecule has 1 saturated heterocycles. The molecule has 4 nitrogen and oxygen atoms in total. The lowest BCUT2D eigenvalue weighted by molar-refractivity contribution is -0.129. The summed E-state index contributed by atoms with van der Waals surface area (Å²) < 4.78 is 0. The van der Waals surface area contributed by atoms with Gasteiger partial charge in [0.1, 0.15) is 0 Å². The van der Waals surface area contributed by atoms with Crippen LogP contribution in [-0.4, -0.2) is 29.8 Å². The van der Waals surface area contributed by atoms with Gasteiger partial charge in [-0.3, -0.25) is 9.59 Å². The van der Waals surface area contributed by atoms with Crippen molar-refractivity contribution in [2.24, 2.45) is 5.92 Å². The molecule has 1 unspecified atom stereocenters. The third-order valence-electron chi connectivity index (χ3n) is 4.83. The number of carbonyl (C=O) groups excluding carboxylic acids is 2. The van der Waals surface area contributed by atoms with Crippen LogP contribution in [0.3, 0.4) is 0 Å². The molecule has 2 aromatic carbocycles. The number of hydrogen-bond acceptors (Lipinski definition) is 2. The zero-order chi connectivity index (χ0) is 18.5. The van der Waals surface area contributed by atoms with Gasteiger partial charge in [0.25, 0.3) is 0 Å². The Balaban J connectivity index is 1.49. The van der Waals surface area contributed by atoms with Gasteiger partial charge in [0, 0.05) is 31.1 Å². The van der Waals surface area contributed by atoms with Crippen LogP contribution in [0.2, 0.25) is 5.02 Å². The Morgan fingerprint density at radius 3 is 2.65 bits per heavy atom. The highest BCUT2D eigenvalue weighted by Crippen LogP contribution is 2.21. The van der Waals surface area contributed by atoms with Crippen molar-refractivity contribution in [2.75, 3.05) is 13.1 Å². The van der Waals surface area contributed by atoms with Gasteiger partial charge in [-0.2, -0.15) is 0 Å². The fraction of sp³-hybridized carbons (Fsp3) is 0.333. The SMILES string of the molecule is Cc1ccccc1CN1CC(C(=O)NCCc2ccc(Cl)cc2)CC1=O. The van der Waals surface area contributed by atoms with E-state index in [2.05, 4.69) is 5.32 Å². The molecule has 2 amide bonds. The molecule has 2 aromatic rings. The molecule has 26 heavy (non-hydrogen) atoms. The van der Waals surface area contributed by atoms with Gasteiger partial charge >= 0.3 is 0 Å². The zero-order valence-electron chi connectivity index (χ0n) is 14.9. The highest BCUT2D eigenvalue weighted by atomic mass is 35.5. The van der Waals surface area contributed by atoms with Gasteiger partial charge in [-0.1, -0.05) is 48.0 Å². The minimum atomic E-state index is -0.267. The van der Waals surface area contributed by atoms with Crippen molar-refractivity contribution in [3.8, 4) is 0 Å². The maximum Gasteiger partial charge on any atom is 0.225 e. The molecule has 1 heterocycles. The molecule has 0 aromatic heterocycles. The maximum absolute atomic E-state index is 12.4. The first kappa shape index (κ1) is 18.5. The van der Waals surface area contributed by atoms with Gasteiger partial charge in [-0.15, -0.1) is 0 Å². The van der Waals surface area contributed by atoms with Crippen LogP contribution in [0.25, 0.3) is 0 Å². The molecular weight excluding hydrogens is 348 g/mol. The van der Waals surface area contributed by atoms with Gasteiger partial charge in [-0.25, -0.2) is 0 Å². The molecule has 1 N–H and O–H groups in total. The number of nitrogens with zero attached hydrogens (tertiary/aromatic N) is 1. The molecule has 1 fully saturated rings. The van der Waals surface area contributed by atoms with Crippen molar-refractivity contribution in [3.63, 3.8) is 0 Å². The van der Waals surface area contributed by atoms with E-state index >= 15 is 0 Å². The number of amides is 2. The third kappa shape index (κ3) is 4.64. The summed E-state index contributed by atoms with van der Waals surface area (Å²) in [6, 6.07) is 15.6. The summed E-state index contributed by atoms with van der Waals surface area (Å²) in [5.41, 5.74) is 3.42. The summed E-state index contributed by atoms with van der Waals surface area (Å²) >= 11 is 5.87. The Hall–Kier alpha value is -2.33. The van der Waals surface area contributed by atoms with E-state index in [0.29, 0.717) is 31.1 Å². The fourth-order valence-electron chi connectivity index (χ4n) is 3.22. The predicted octanol–water partition coefficient (Wildman–Crippen LogP) is 3.36. The van der Waals surface area contributed by atoms with Gasteiger partial charge in [-0.05, 0) is 42.2 Å². The first-order chi connectivity index (χ1) is 12.5. The molecule has 1 aliphatic heterocycles. The summed E-state index contributed by atoms with van der Waals surface area (Å²) in [5.74, 6) is -0.262. The summed E-state index contributed by atoms with van der Waals surface area (Å²) in [4.78, 5) is 26.4. The number of rotatable bonds is 6. The van der Waals surface area contributed by atoms with E-state index in [1.54, 1.807) is 4.90 Å². The van der Waals surface area contributed by atoms with Crippen LogP contribution in [0.5, 0.6) is 0 Å². The molecule has 1 atom stereocenters. The van der Waals surface area contributed by atoms with Crippen molar-refractivity contribution < 1.29 is 9.59 Å². The summed E-state index contributed by atoms with van der Waals surface area (Å²) in [6.45, 7) is 3.65. The number of hydrogen-bond donors (Lipinski definition) is 1. The van der Waals surface area contributed by atoms with E-state index in [0.717, 1.165) is 23.1 Å². The lowest BCUT2D eigenvalue weighted by atomic mass is 10.1. The highest BCUT2D eigenvalue weighted by molar-refractivity contribution is 6.30. The second-order valence-corrected chi connectivity index (χ2v) is 7.21. The Kier molecular flexibility index (Phi) is 5.94. The smallest absolute Gasteiger partial charge is 0.225 e. The average Bonchev–Trinajstić information content (AvgIpc) is 2.99. The van der Waals surface area contributed by atoms with Crippen LogP contribution in [-0.2, 0) is 22.6 Å². The molecule has 0 saturated carbocycles. The number of aryl methyl sites for hydroxylation is 1. The van der Waals surface area contributed by atoms with Gasteiger partial charge in [0.15, 0.2) is 0 Å². The van der Waals surface area contributed by atoms with Gasteiger partial charge in [0.05, 0.1) is 5.92 Å². The van der Waals surface area contributed by atoms with Crippen molar-refractivity contribution in [1.82, 2.24) is 10.2 Å². The van der Waals surface area contributed by atoms with Gasteiger partial charge in [0.2, 0.25) is 11.8 Å². The average molecular weight is 371 g/mol. The number of halogens is 1. The van der Waals surface area contributed by atoms with Crippen LogP contribution >= 0.6 is 11.6 Å². The van der Waals surface area contributed by atoms with E-state index in [9.17, 15) is 9.59 Å². The molecule has 0 spiro atoms. The third-order valence-corrected chi connectivity index (χ3v) is 5.09. The number of likely N-dealkylation sites (tertiary alicyclic amines) is 1. The number of nitrogens with one attached hydrogen (secondary N) is 1. The molecule has 3 rings (SSSR count). The summed E-state index contributed by atoms with van der Waals surface area (Å²) in [7, 11) is 0. The van der Waals surface area contributed by atoms with Crippen LogP contribution in [0.4, 0.5) is 0 Å². The number of benzene rings is 2. The van der Waals surface area contributed by atoms with E-state index in [-0.39, 0.29) is 17.7 Å². The Morgan fingerprint density at radius 2 is 1.92 bits per heavy atom. The van der Waals surface area contributed by atoms with E-state index in [1.807, 2.05) is 55.5 Å². The second-order valence-electron chi connectivity index (χ2n) is 6.77. The maximum atomic E-state index is 12.4. The second kappa shape index (κ2) is 8.37. The zero-order valence-corrected chi connectivity index (χ0v) is 15.6. The minimum Gasteiger partial charge on any atom is -0.355 e. The Morgan fingerprint density at radius 1 is 1.19 bits per heavy atom. The van der Waals surface area contributed by atoms with Crippen LogP contribution in [0, 0.1) is 12.8 Å². The topological polar surface area (TPSA) is 49.4 Å².